The van der Waals surface area contributed by atoms with Crippen molar-refractivity contribution < 1.29 is 49.0 Å². The molecule has 0 heterocycles. The summed E-state index contributed by atoms with van der Waals surface area (Å²) in [4.78, 5) is 0. The fraction of sp³-hybridized carbons (Fsp3) is 0.286. The van der Waals surface area contributed by atoms with Gasteiger partial charge in [-0.25, -0.2) is 0 Å². The maximum atomic E-state index is 2.48. The molecule has 0 fully saturated rings. The molecule has 0 radical (unpaired) electrons. The first-order chi connectivity index (χ1) is 20.3. The number of benzene rings is 4. The van der Waals surface area contributed by atoms with Crippen LogP contribution in [0.25, 0.3) is 27.1 Å². The normalized spacial score (nSPS) is 12.7. The molecule has 6 rings (SSSR count). The molecule has 45 heavy (non-hydrogen) atoms. The molecule has 0 atom stereocenters. The predicted molar refractivity (Wildman–Crippen MR) is 186 cm³/mol. The molecule has 0 spiro atoms. The first-order valence-electron chi connectivity index (χ1n) is 15.5. The molecule has 0 unspecified atom stereocenters. The van der Waals surface area contributed by atoms with Crippen molar-refractivity contribution in [3.05, 3.63) is 142 Å². The van der Waals surface area contributed by atoms with Crippen molar-refractivity contribution in [3.8, 4) is 0 Å². The average molecular weight is 712 g/mol. The van der Waals surface area contributed by atoms with Gasteiger partial charge in [0.15, 0.2) is 0 Å². The molecule has 0 N–H and O–H groups in total. The standard InChI is InChI=1S/C29H35.C13H10.2ClH.Zr/c1-17-14-22(28(4,5)6)15-21-16-23-25(24(17)21)18(2)19(3)27(29(7,8)9)26(23)20-12-10-11-13-20;1-3-7-12(8-4-1)11-13-9-5-2-6-10-13;;;/h10-12,14-16H,13H2,1-9H3;1-10H;2*1H;/q-1;;;;+2/p-2. The van der Waals surface area contributed by atoms with Crippen LogP contribution in [0.4, 0.5) is 0 Å². The third kappa shape index (κ3) is 7.59. The summed E-state index contributed by atoms with van der Waals surface area (Å²) in [6, 6.07) is 28.4. The van der Waals surface area contributed by atoms with Gasteiger partial charge in [0.1, 0.15) is 0 Å². The Morgan fingerprint density at radius 2 is 1.27 bits per heavy atom. The van der Waals surface area contributed by atoms with Crippen molar-refractivity contribution in [1.29, 1.82) is 0 Å². The molecule has 0 saturated heterocycles. The van der Waals surface area contributed by atoms with E-state index < -0.39 is 0 Å². The number of fused-ring (bicyclic) bond motifs is 3. The first kappa shape index (κ1) is 37.0. The van der Waals surface area contributed by atoms with Gasteiger partial charge in [-0.05, 0) is 38.0 Å². The molecule has 232 valence electrons. The Morgan fingerprint density at radius 1 is 0.711 bits per heavy atom. The number of aryl methyl sites for hydroxylation is 2. The number of halogens is 2. The molecule has 5 aromatic carbocycles. The first-order valence-corrected chi connectivity index (χ1v) is 16.7. The van der Waals surface area contributed by atoms with E-state index in [9.17, 15) is 0 Å². The summed E-state index contributed by atoms with van der Waals surface area (Å²) in [5, 5.41) is 5.75. The minimum atomic E-state index is 0. The van der Waals surface area contributed by atoms with Crippen LogP contribution in [0.3, 0.4) is 0 Å². The van der Waals surface area contributed by atoms with Gasteiger partial charge in [0, 0.05) is 0 Å². The Labute approximate surface area is 298 Å². The zero-order valence-electron chi connectivity index (χ0n) is 28.2. The molecule has 0 amide bonds. The summed E-state index contributed by atoms with van der Waals surface area (Å²) in [5.41, 5.74) is 13.1. The molecule has 0 aliphatic heterocycles. The fourth-order valence-corrected chi connectivity index (χ4v) is 7.45. The molecule has 0 saturated carbocycles. The predicted octanol–water partition coefficient (Wildman–Crippen LogP) is 5.39. The van der Waals surface area contributed by atoms with Crippen LogP contribution < -0.4 is 24.8 Å². The van der Waals surface area contributed by atoms with Gasteiger partial charge in [-0.15, -0.1) is 33.7 Å². The Balaban J connectivity index is 0.000000292. The molecular formula is C42H45Cl2Zr-. The molecule has 0 nitrogen and oxygen atoms in total. The monoisotopic (exact) mass is 709 g/mol. The van der Waals surface area contributed by atoms with Gasteiger partial charge in [-0.1, -0.05) is 105 Å². The van der Waals surface area contributed by atoms with Gasteiger partial charge >= 0.3 is 99.2 Å². The molecule has 0 aromatic heterocycles. The quantitative estimate of drug-likeness (QED) is 0.221. The summed E-state index contributed by atoms with van der Waals surface area (Å²) in [6.07, 6.45) is 7.86. The van der Waals surface area contributed by atoms with Crippen molar-refractivity contribution in [1.82, 2.24) is 0 Å². The molecule has 3 heteroatoms. The van der Waals surface area contributed by atoms with Gasteiger partial charge < -0.3 is 24.8 Å². The minimum absolute atomic E-state index is 0. The molecule has 5 aromatic rings. The SMILES string of the molecule is Cc1c(C(C)(C)C)c(C2=CC=CC2)c2[cH-]c3cc(C(C)(C)C)cc(C)c3c2c1C.[Cl-].[Cl-].[Zr+2]=[C](c1ccccc1)c1ccccc1. The van der Waals surface area contributed by atoms with E-state index in [1.54, 1.807) is 0 Å². The van der Waals surface area contributed by atoms with Gasteiger partial charge in [0.2, 0.25) is 0 Å². The second-order valence-corrected chi connectivity index (χ2v) is 15.4. The van der Waals surface area contributed by atoms with Crippen LogP contribution in [-0.2, 0) is 35.1 Å². The average Bonchev–Trinajstić information content (AvgIpc) is 3.63. The number of rotatable bonds is 3. The van der Waals surface area contributed by atoms with Crippen LogP contribution >= 0.6 is 0 Å². The van der Waals surface area contributed by atoms with Crippen molar-refractivity contribution in [3.63, 3.8) is 0 Å². The van der Waals surface area contributed by atoms with Crippen molar-refractivity contribution >= 4 is 30.3 Å². The van der Waals surface area contributed by atoms with E-state index in [1.165, 1.54) is 99.1 Å². The van der Waals surface area contributed by atoms with E-state index in [-0.39, 0.29) is 35.6 Å². The van der Waals surface area contributed by atoms with E-state index in [4.69, 9.17) is 0 Å². The summed E-state index contributed by atoms with van der Waals surface area (Å²) in [5.74, 6) is 0. The van der Waals surface area contributed by atoms with Gasteiger partial charge in [0.05, 0.1) is 0 Å². The van der Waals surface area contributed by atoms with Crippen LogP contribution in [0.5, 0.6) is 0 Å². The molecule has 1 aliphatic carbocycles. The number of hydrogen-bond acceptors (Lipinski definition) is 0. The summed E-state index contributed by atoms with van der Waals surface area (Å²) >= 11 is 1.46. The van der Waals surface area contributed by atoms with Gasteiger partial charge in [-0.2, -0.15) is 0 Å². The van der Waals surface area contributed by atoms with Crippen LogP contribution in [0.1, 0.15) is 92.5 Å². The van der Waals surface area contributed by atoms with Crippen LogP contribution in [0.15, 0.2) is 97.1 Å². The second-order valence-electron chi connectivity index (χ2n) is 14.1. The Hall–Kier alpha value is -2.44. The van der Waals surface area contributed by atoms with E-state index in [2.05, 4.69) is 159 Å². The zero-order valence-corrected chi connectivity index (χ0v) is 32.2. The van der Waals surface area contributed by atoms with E-state index in [0.717, 1.165) is 6.42 Å². The Kier molecular flexibility index (Phi) is 12.0. The van der Waals surface area contributed by atoms with E-state index in [0.29, 0.717) is 0 Å². The zero-order chi connectivity index (χ0) is 31.1. The van der Waals surface area contributed by atoms with Crippen LogP contribution in [0.2, 0.25) is 0 Å². The molecule has 1 aliphatic rings. The second kappa shape index (κ2) is 14.5. The van der Waals surface area contributed by atoms with Crippen LogP contribution in [-0.4, -0.2) is 3.21 Å². The third-order valence-electron chi connectivity index (χ3n) is 8.85. The van der Waals surface area contributed by atoms with Crippen molar-refractivity contribution in [2.45, 2.75) is 79.6 Å². The summed E-state index contributed by atoms with van der Waals surface area (Å²) in [7, 11) is 0. The Morgan fingerprint density at radius 3 is 1.73 bits per heavy atom. The summed E-state index contributed by atoms with van der Waals surface area (Å²) < 4.78 is 1.42. The topological polar surface area (TPSA) is 0 Å². The van der Waals surface area contributed by atoms with Gasteiger partial charge in [0.25, 0.3) is 0 Å². The number of allylic oxidation sites excluding steroid dienone is 4. The van der Waals surface area contributed by atoms with Gasteiger partial charge in [-0.3, -0.25) is 0 Å². The van der Waals surface area contributed by atoms with Crippen molar-refractivity contribution in [2.24, 2.45) is 0 Å². The van der Waals surface area contributed by atoms with Crippen molar-refractivity contribution in [2.75, 3.05) is 0 Å². The maximum absolute atomic E-state index is 2.48. The summed E-state index contributed by atoms with van der Waals surface area (Å²) in [6.45, 7) is 21.0. The van der Waals surface area contributed by atoms with E-state index >= 15 is 0 Å². The number of hydrogen-bond donors (Lipinski definition) is 0. The Bertz CT molecular complexity index is 1830. The molecular weight excluding hydrogens is 667 g/mol. The third-order valence-corrected chi connectivity index (χ3v) is 10.3. The van der Waals surface area contributed by atoms with Crippen LogP contribution in [0, 0.1) is 20.8 Å². The molecule has 0 bridgehead atoms. The fourth-order valence-electron chi connectivity index (χ4n) is 6.63. The van der Waals surface area contributed by atoms with E-state index in [1.807, 2.05) is 0 Å².